The Bertz CT molecular complexity index is 327. The van der Waals surface area contributed by atoms with Crippen molar-refractivity contribution in [3.8, 4) is 0 Å². The highest BCUT2D eigenvalue weighted by atomic mass is 16.5. The van der Waals surface area contributed by atoms with Crippen molar-refractivity contribution in [1.29, 1.82) is 0 Å². The van der Waals surface area contributed by atoms with Crippen LogP contribution in [0, 0.1) is 0 Å². The van der Waals surface area contributed by atoms with Gasteiger partial charge in [0.2, 0.25) is 0 Å². The smallest absolute Gasteiger partial charge is 0.129 e. The first-order valence-electron chi connectivity index (χ1n) is 5.63. The van der Waals surface area contributed by atoms with E-state index in [0.29, 0.717) is 6.04 Å². The summed E-state index contributed by atoms with van der Waals surface area (Å²) in [5, 5.41) is 3.47. The van der Waals surface area contributed by atoms with E-state index in [-0.39, 0.29) is 6.10 Å². The predicted octanol–water partition coefficient (Wildman–Crippen LogP) is 2.23. The third kappa shape index (κ3) is 2.29. The zero-order valence-electron chi connectivity index (χ0n) is 9.36. The van der Waals surface area contributed by atoms with Gasteiger partial charge in [-0.05, 0) is 31.4 Å². The maximum atomic E-state index is 5.52. The van der Waals surface area contributed by atoms with E-state index in [4.69, 9.17) is 4.74 Å². The largest absolute Gasteiger partial charge is 0.376 e. The van der Waals surface area contributed by atoms with Crippen molar-refractivity contribution < 1.29 is 4.74 Å². The number of hydrogen-bond acceptors (Lipinski definition) is 3. The summed E-state index contributed by atoms with van der Waals surface area (Å²) in [6, 6.07) is 4.51. The molecule has 0 radical (unpaired) electrons. The minimum Gasteiger partial charge on any atom is -0.376 e. The van der Waals surface area contributed by atoms with Crippen molar-refractivity contribution >= 4 is 5.82 Å². The van der Waals surface area contributed by atoms with Gasteiger partial charge in [0.1, 0.15) is 5.82 Å². The maximum absolute atomic E-state index is 5.52. The van der Waals surface area contributed by atoms with Crippen LogP contribution in [0.3, 0.4) is 0 Å². The lowest BCUT2D eigenvalue weighted by atomic mass is 10.1. The highest BCUT2D eigenvalue weighted by molar-refractivity contribution is 5.44. The zero-order chi connectivity index (χ0) is 10.7. The molecule has 3 heteroatoms. The van der Waals surface area contributed by atoms with Gasteiger partial charge in [-0.15, -0.1) is 0 Å². The Balaban J connectivity index is 2.09. The van der Waals surface area contributed by atoms with Gasteiger partial charge < -0.3 is 10.1 Å². The van der Waals surface area contributed by atoms with Crippen molar-refractivity contribution in [3.05, 3.63) is 23.9 Å². The molecule has 15 heavy (non-hydrogen) atoms. The molecule has 82 valence electrons. The summed E-state index contributed by atoms with van der Waals surface area (Å²) >= 11 is 0. The Morgan fingerprint density at radius 2 is 2.47 bits per heavy atom. The van der Waals surface area contributed by atoms with Crippen LogP contribution in [-0.4, -0.2) is 23.7 Å². The first-order valence-corrected chi connectivity index (χ1v) is 5.63. The van der Waals surface area contributed by atoms with Crippen molar-refractivity contribution in [2.24, 2.45) is 0 Å². The van der Waals surface area contributed by atoms with E-state index in [1.165, 1.54) is 5.56 Å². The van der Waals surface area contributed by atoms with E-state index in [1.807, 2.05) is 12.3 Å². The number of aryl methyl sites for hydroxylation is 1. The van der Waals surface area contributed by atoms with Gasteiger partial charge in [0, 0.05) is 12.8 Å². The minimum absolute atomic E-state index is 0.289. The number of ether oxygens (including phenoxy) is 1. The topological polar surface area (TPSA) is 34.2 Å². The summed E-state index contributed by atoms with van der Waals surface area (Å²) in [5.41, 5.74) is 1.27. The Morgan fingerprint density at radius 1 is 1.60 bits per heavy atom. The molecule has 2 rings (SSSR count). The number of pyridine rings is 1. The summed E-state index contributed by atoms with van der Waals surface area (Å²) in [6.45, 7) is 5.11. The third-order valence-electron chi connectivity index (χ3n) is 2.97. The van der Waals surface area contributed by atoms with Gasteiger partial charge in [0.05, 0.1) is 12.1 Å². The molecule has 1 N–H and O–H groups in total. The monoisotopic (exact) mass is 206 g/mol. The second-order valence-corrected chi connectivity index (χ2v) is 3.98. The molecule has 0 saturated carbocycles. The third-order valence-corrected chi connectivity index (χ3v) is 2.97. The van der Waals surface area contributed by atoms with E-state index in [0.717, 1.165) is 25.3 Å². The van der Waals surface area contributed by atoms with Gasteiger partial charge >= 0.3 is 0 Å². The SMILES string of the molecule is CCc1cccnc1NC1CCOC1C. The van der Waals surface area contributed by atoms with E-state index >= 15 is 0 Å². The van der Waals surface area contributed by atoms with Crippen LogP contribution in [0.15, 0.2) is 18.3 Å². The first kappa shape index (κ1) is 10.4. The van der Waals surface area contributed by atoms with E-state index < -0.39 is 0 Å². The van der Waals surface area contributed by atoms with Crippen LogP contribution in [0.2, 0.25) is 0 Å². The molecule has 1 aromatic rings. The summed E-state index contributed by atoms with van der Waals surface area (Å²) < 4.78 is 5.52. The maximum Gasteiger partial charge on any atom is 0.129 e. The average Bonchev–Trinajstić information content (AvgIpc) is 2.65. The van der Waals surface area contributed by atoms with Crippen LogP contribution in [0.4, 0.5) is 5.82 Å². The molecule has 1 fully saturated rings. The van der Waals surface area contributed by atoms with Crippen LogP contribution in [-0.2, 0) is 11.2 Å². The predicted molar refractivity (Wildman–Crippen MR) is 61.1 cm³/mol. The number of nitrogens with zero attached hydrogens (tertiary/aromatic N) is 1. The highest BCUT2D eigenvalue weighted by Crippen LogP contribution is 2.20. The Labute approximate surface area is 90.9 Å². The molecule has 1 aliphatic rings. The fourth-order valence-electron chi connectivity index (χ4n) is 1.95. The van der Waals surface area contributed by atoms with Gasteiger partial charge in [-0.1, -0.05) is 13.0 Å². The van der Waals surface area contributed by atoms with Crippen LogP contribution in [0.25, 0.3) is 0 Å². The number of anilines is 1. The van der Waals surface area contributed by atoms with Crippen molar-refractivity contribution in [3.63, 3.8) is 0 Å². The Morgan fingerprint density at radius 3 is 3.13 bits per heavy atom. The van der Waals surface area contributed by atoms with Crippen molar-refractivity contribution in [2.75, 3.05) is 11.9 Å². The molecule has 3 nitrogen and oxygen atoms in total. The van der Waals surface area contributed by atoms with E-state index in [2.05, 4.69) is 30.2 Å². The first-order chi connectivity index (χ1) is 7.31. The zero-order valence-corrected chi connectivity index (χ0v) is 9.36. The molecular weight excluding hydrogens is 188 g/mol. The normalized spacial score (nSPS) is 25.5. The molecule has 2 heterocycles. The van der Waals surface area contributed by atoms with E-state index in [1.54, 1.807) is 0 Å². The Hall–Kier alpha value is -1.09. The van der Waals surface area contributed by atoms with Crippen LogP contribution in [0.1, 0.15) is 25.8 Å². The number of aromatic nitrogens is 1. The lowest BCUT2D eigenvalue weighted by molar-refractivity contribution is 0.121. The molecule has 0 aliphatic carbocycles. The number of nitrogens with one attached hydrogen (secondary N) is 1. The quantitative estimate of drug-likeness (QED) is 0.823. The average molecular weight is 206 g/mol. The van der Waals surface area contributed by atoms with Crippen LogP contribution < -0.4 is 5.32 Å². The molecule has 1 aromatic heterocycles. The van der Waals surface area contributed by atoms with Gasteiger partial charge in [-0.3, -0.25) is 0 Å². The lowest BCUT2D eigenvalue weighted by Crippen LogP contribution is -2.27. The lowest BCUT2D eigenvalue weighted by Gasteiger charge is -2.18. The molecule has 2 atom stereocenters. The van der Waals surface area contributed by atoms with Gasteiger partial charge in [-0.25, -0.2) is 4.98 Å². The second kappa shape index (κ2) is 4.62. The fraction of sp³-hybridized carbons (Fsp3) is 0.583. The molecular formula is C12H18N2O. The second-order valence-electron chi connectivity index (χ2n) is 3.98. The highest BCUT2D eigenvalue weighted by Gasteiger charge is 2.24. The van der Waals surface area contributed by atoms with Crippen molar-refractivity contribution in [2.45, 2.75) is 38.8 Å². The molecule has 2 unspecified atom stereocenters. The molecule has 0 aromatic carbocycles. The fourth-order valence-corrected chi connectivity index (χ4v) is 1.95. The van der Waals surface area contributed by atoms with Crippen molar-refractivity contribution in [1.82, 2.24) is 4.98 Å². The summed E-state index contributed by atoms with van der Waals surface area (Å²) in [4.78, 5) is 4.38. The van der Waals surface area contributed by atoms with Gasteiger partial charge in [0.15, 0.2) is 0 Å². The molecule has 1 saturated heterocycles. The van der Waals surface area contributed by atoms with Crippen LogP contribution in [0.5, 0.6) is 0 Å². The molecule has 0 bridgehead atoms. The summed E-state index contributed by atoms with van der Waals surface area (Å²) in [7, 11) is 0. The summed E-state index contributed by atoms with van der Waals surface area (Å²) in [5.74, 6) is 1.02. The van der Waals surface area contributed by atoms with E-state index in [9.17, 15) is 0 Å². The molecule has 0 spiro atoms. The van der Waals surface area contributed by atoms with Crippen LogP contribution >= 0.6 is 0 Å². The summed E-state index contributed by atoms with van der Waals surface area (Å²) in [6.07, 6.45) is 4.21. The Kier molecular flexibility index (Phi) is 3.21. The molecule has 0 amide bonds. The number of rotatable bonds is 3. The van der Waals surface area contributed by atoms with Gasteiger partial charge in [0.25, 0.3) is 0 Å². The minimum atomic E-state index is 0.289. The number of hydrogen-bond donors (Lipinski definition) is 1. The van der Waals surface area contributed by atoms with Gasteiger partial charge in [-0.2, -0.15) is 0 Å². The standard InChI is InChI=1S/C12H18N2O/c1-3-10-5-4-7-13-12(10)14-11-6-8-15-9(11)2/h4-5,7,9,11H,3,6,8H2,1-2H3,(H,13,14). The molecule has 1 aliphatic heterocycles.